The fourth-order valence-electron chi connectivity index (χ4n) is 3.32. The molecule has 0 amide bonds. The number of aromatic nitrogens is 4. The van der Waals surface area contributed by atoms with Crippen molar-refractivity contribution in [1.82, 2.24) is 19.9 Å². The minimum absolute atomic E-state index is 0.208. The Bertz CT molecular complexity index is 927. The van der Waals surface area contributed by atoms with Crippen LogP contribution in [0.25, 0.3) is 11.3 Å². The molecule has 4 rings (SSSR count). The van der Waals surface area contributed by atoms with Crippen LogP contribution in [0, 0.1) is 0 Å². The summed E-state index contributed by atoms with van der Waals surface area (Å²) in [4.78, 5) is 17.4. The third-order valence-corrected chi connectivity index (χ3v) is 4.82. The molecule has 0 radical (unpaired) electrons. The first kappa shape index (κ1) is 18.1. The summed E-state index contributed by atoms with van der Waals surface area (Å²) in [5.74, 6) is 1.58. The molecule has 2 heterocycles. The molecule has 1 aliphatic rings. The number of nitrogens with two attached hydrogens (primary N) is 1. The number of aliphatic hydroxyl groups excluding tert-OH is 1. The molecule has 0 unspecified atom stereocenters. The number of para-hydroxylation sites is 1. The first-order valence-electron chi connectivity index (χ1n) is 9.39. The van der Waals surface area contributed by atoms with Gasteiger partial charge in [0.25, 0.3) is 0 Å². The van der Waals surface area contributed by atoms with Crippen LogP contribution in [0.5, 0.6) is 0 Å². The van der Waals surface area contributed by atoms with E-state index in [2.05, 4.69) is 25.6 Å². The number of rotatable bonds is 5. The van der Waals surface area contributed by atoms with Crippen LogP contribution >= 0.6 is 0 Å². The van der Waals surface area contributed by atoms with E-state index in [1.807, 2.05) is 30.3 Å². The third-order valence-electron chi connectivity index (χ3n) is 4.82. The van der Waals surface area contributed by atoms with Gasteiger partial charge in [0.15, 0.2) is 0 Å². The van der Waals surface area contributed by atoms with Gasteiger partial charge in [0.2, 0.25) is 5.95 Å². The minimum Gasteiger partial charge on any atom is -0.393 e. The van der Waals surface area contributed by atoms with E-state index in [0.717, 1.165) is 36.9 Å². The Morgan fingerprint density at radius 2 is 1.79 bits per heavy atom. The van der Waals surface area contributed by atoms with Crippen LogP contribution in [0.4, 0.5) is 23.3 Å². The highest BCUT2D eigenvalue weighted by atomic mass is 16.3. The summed E-state index contributed by atoms with van der Waals surface area (Å²) < 4.78 is 0. The van der Waals surface area contributed by atoms with Crippen LogP contribution < -0.4 is 16.4 Å². The van der Waals surface area contributed by atoms with Gasteiger partial charge in [0, 0.05) is 24.0 Å². The Hall–Kier alpha value is -3.26. The van der Waals surface area contributed by atoms with Crippen molar-refractivity contribution < 1.29 is 5.11 Å². The molecule has 0 aliphatic heterocycles. The molecule has 1 aromatic carbocycles. The molecule has 1 saturated carbocycles. The lowest BCUT2D eigenvalue weighted by atomic mass is 9.93. The van der Waals surface area contributed by atoms with E-state index >= 15 is 0 Å². The van der Waals surface area contributed by atoms with E-state index in [1.165, 1.54) is 6.33 Å². The monoisotopic (exact) mass is 377 g/mol. The molecule has 2 aromatic heterocycles. The lowest BCUT2D eigenvalue weighted by molar-refractivity contribution is 0.126. The van der Waals surface area contributed by atoms with Crippen molar-refractivity contribution in [2.45, 2.75) is 37.8 Å². The number of benzene rings is 1. The summed E-state index contributed by atoms with van der Waals surface area (Å²) in [7, 11) is 0. The molecule has 144 valence electrons. The summed E-state index contributed by atoms with van der Waals surface area (Å²) in [5, 5.41) is 16.5. The highest BCUT2D eigenvalue weighted by Gasteiger charge is 2.21. The molecule has 0 saturated heterocycles. The van der Waals surface area contributed by atoms with E-state index in [9.17, 15) is 5.11 Å². The lowest BCUT2D eigenvalue weighted by Crippen LogP contribution is -2.29. The van der Waals surface area contributed by atoms with Crippen LogP contribution in [-0.2, 0) is 0 Å². The number of nitrogens with one attached hydrogen (secondary N) is 2. The molecule has 28 heavy (non-hydrogen) atoms. The zero-order chi connectivity index (χ0) is 19.3. The van der Waals surface area contributed by atoms with Gasteiger partial charge in [-0.3, -0.25) is 0 Å². The van der Waals surface area contributed by atoms with E-state index in [0.29, 0.717) is 23.3 Å². The van der Waals surface area contributed by atoms with Crippen LogP contribution in [-0.4, -0.2) is 37.2 Å². The Kier molecular flexibility index (Phi) is 5.29. The van der Waals surface area contributed by atoms with Crippen LogP contribution in [0.3, 0.4) is 0 Å². The first-order valence-corrected chi connectivity index (χ1v) is 9.39. The van der Waals surface area contributed by atoms with Gasteiger partial charge in [-0.15, -0.1) is 0 Å². The molecule has 0 atom stereocenters. The van der Waals surface area contributed by atoms with Gasteiger partial charge in [0.05, 0.1) is 17.4 Å². The predicted octanol–water partition coefficient (Wildman–Crippen LogP) is 2.97. The number of hydrogen-bond acceptors (Lipinski definition) is 8. The number of nitrogens with zero attached hydrogens (tertiary/aromatic N) is 4. The van der Waals surface area contributed by atoms with Crippen molar-refractivity contribution in [3.63, 3.8) is 0 Å². The summed E-state index contributed by atoms with van der Waals surface area (Å²) in [6.45, 7) is 0. The van der Waals surface area contributed by atoms with E-state index < -0.39 is 0 Å². The summed E-state index contributed by atoms with van der Waals surface area (Å²) in [6, 6.07) is 11.7. The highest BCUT2D eigenvalue weighted by Crippen LogP contribution is 2.29. The van der Waals surface area contributed by atoms with E-state index in [4.69, 9.17) is 10.7 Å². The number of hydrogen-bond donors (Lipinski definition) is 4. The molecule has 1 aliphatic carbocycles. The maximum Gasteiger partial charge on any atom is 0.229 e. The molecule has 8 heteroatoms. The fourth-order valence-corrected chi connectivity index (χ4v) is 3.32. The van der Waals surface area contributed by atoms with Gasteiger partial charge in [-0.1, -0.05) is 18.2 Å². The smallest absolute Gasteiger partial charge is 0.229 e. The standard InChI is InChI=1S/C20H23N7O/c21-18-10-17(23-12-24-18)16-11-22-20(26-13-4-2-1-3-5-13)27-19(16)25-14-6-8-15(28)9-7-14/h1-5,10-12,14-15,28H,6-9H2,(H2,21,23,24)(H2,22,25,26,27)/t14-,15-. The molecule has 3 aromatic rings. The molecule has 0 spiro atoms. The zero-order valence-electron chi connectivity index (χ0n) is 15.4. The second kappa shape index (κ2) is 8.18. The van der Waals surface area contributed by atoms with Crippen molar-refractivity contribution in [2.24, 2.45) is 0 Å². The third kappa shape index (κ3) is 4.34. The number of anilines is 4. The van der Waals surface area contributed by atoms with E-state index in [-0.39, 0.29) is 12.1 Å². The van der Waals surface area contributed by atoms with Gasteiger partial charge >= 0.3 is 0 Å². The van der Waals surface area contributed by atoms with Gasteiger partial charge in [-0.2, -0.15) is 4.98 Å². The molecule has 8 nitrogen and oxygen atoms in total. The van der Waals surface area contributed by atoms with Gasteiger partial charge < -0.3 is 21.5 Å². The predicted molar refractivity (Wildman–Crippen MR) is 109 cm³/mol. The Morgan fingerprint density at radius 1 is 1.00 bits per heavy atom. The van der Waals surface area contributed by atoms with Crippen LogP contribution in [0.15, 0.2) is 48.9 Å². The van der Waals surface area contributed by atoms with Crippen LogP contribution in [0.2, 0.25) is 0 Å². The SMILES string of the molecule is Nc1cc(-c2cnc(Nc3ccccc3)nc2N[C@H]2CC[C@H](O)CC2)ncn1. The normalized spacial score (nSPS) is 19.2. The Balaban J connectivity index is 1.64. The van der Waals surface area contributed by atoms with Gasteiger partial charge in [0.1, 0.15) is 18.0 Å². The maximum atomic E-state index is 9.77. The number of nitrogen functional groups attached to an aromatic ring is 1. The van der Waals surface area contributed by atoms with Gasteiger partial charge in [-0.25, -0.2) is 15.0 Å². The Morgan fingerprint density at radius 3 is 2.54 bits per heavy atom. The second-order valence-electron chi connectivity index (χ2n) is 6.92. The zero-order valence-corrected chi connectivity index (χ0v) is 15.4. The molecule has 5 N–H and O–H groups in total. The van der Waals surface area contributed by atoms with Crippen molar-refractivity contribution >= 4 is 23.3 Å². The largest absolute Gasteiger partial charge is 0.393 e. The molecule has 0 bridgehead atoms. The fraction of sp³-hybridized carbons (Fsp3) is 0.300. The summed E-state index contributed by atoms with van der Waals surface area (Å²) >= 11 is 0. The van der Waals surface area contributed by atoms with Crippen molar-refractivity contribution in [3.05, 3.63) is 48.9 Å². The number of aliphatic hydroxyl groups is 1. The Labute approximate surface area is 163 Å². The highest BCUT2D eigenvalue weighted by molar-refractivity contribution is 5.74. The maximum absolute atomic E-state index is 9.77. The topological polar surface area (TPSA) is 122 Å². The van der Waals surface area contributed by atoms with Crippen molar-refractivity contribution in [1.29, 1.82) is 0 Å². The van der Waals surface area contributed by atoms with Gasteiger partial charge in [-0.05, 0) is 37.8 Å². The van der Waals surface area contributed by atoms with Crippen molar-refractivity contribution in [3.8, 4) is 11.3 Å². The second-order valence-corrected chi connectivity index (χ2v) is 6.92. The minimum atomic E-state index is -0.208. The molecular formula is C20H23N7O. The quantitative estimate of drug-likeness (QED) is 0.535. The summed E-state index contributed by atoms with van der Waals surface area (Å²) in [5.41, 5.74) is 8.16. The average molecular weight is 377 g/mol. The summed E-state index contributed by atoms with van der Waals surface area (Å²) in [6.07, 6.45) is 6.30. The molecular weight excluding hydrogens is 354 g/mol. The van der Waals surface area contributed by atoms with E-state index in [1.54, 1.807) is 12.3 Å². The first-order chi connectivity index (χ1) is 13.7. The van der Waals surface area contributed by atoms with Crippen LogP contribution in [0.1, 0.15) is 25.7 Å². The average Bonchev–Trinajstić information content (AvgIpc) is 2.71. The lowest BCUT2D eigenvalue weighted by Gasteiger charge is -2.27. The van der Waals surface area contributed by atoms with Crippen molar-refractivity contribution in [2.75, 3.05) is 16.4 Å². The molecule has 1 fully saturated rings.